The number of nitrogens with one attached hydrogen (secondary N) is 1. The molecule has 0 atom stereocenters. The Balaban J connectivity index is 1.65. The summed E-state index contributed by atoms with van der Waals surface area (Å²) in [5, 5.41) is 3.54. The summed E-state index contributed by atoms with van der Waals surface area (Å²) in [4.78, 5) is 26.8. The van der Waals surface area contributed by atoms with Crippen LogP contribution in [0.2, 0.25) is 10.0 Å². The number of rotatable bonds is 3. The Hall–Kier alpha value is -2.04. The Bertz CT molecular complexity index is 813. The number of hydrogen-bond acceptors (Lipinski definition) is 2. The van der Waals surface area contributed by atoms with Crippen LogP contribution < -0.4 is 5.32 Å². The topological polar surface area (TPSA) is 49.4 Å². The van der Waals surface area contributed by atoms with Gasteiger partial charge in [-0.3, -0.25) is 9.59 Å². The summed E-state index contributed by atoms with van der Waals surface area (Å²) in [5.74, 6) is 0.391. The molecule has 0 saturated carbocycles. The second kappa shape index (κ2) is 8.11. The van der Waals surface area contributed by atoms with Crippen molar-refractivity contribution in [2.24, 2.45) is 5.92 Å². The molecule has 1 heterocycles. The summed E-state index contributed by atoms with van der Waals surface area (Å²) in [6, 6.07) is 11.6. The number of carbonyl (C=O) groups is 2. The molecule has 3 rings (SSSR count). The van der Waals surface area contributed by atoms with Crippen LogP contribution in [0, 0.1) is 5.92 Å². The van der Waals surface area contributed by atoms with Crippen LogP contribution in [0.4, 0.5) is 5.69 Å². The van der Waals surface area contributed by atoms with Crippen LogP contribution in [0.1, 0.15) is 40.5 Å². The minimum absolute atomic E-state index is 0.0375. The highest BCUT2D eigenvalue weighted by molar-refractivity contribution is 6.37. The fraction of sp³-hybridized carbons (Fsp3) is 0.300. The molecule has 0 bridgehead atoms. The minimum Gasteiger partial charge on any atom is -0.339 e. The van der Waals surface area contributed by atoms with Gasteiger partial charge in [0.1, 0.15) is 0 Å². The lowest BCUT2D eigenvalue weighted by Crippen LogP contribution is -2.37. The molecule has 2 aromatic carbocycles. The summed E-state index contributed by atoms with van der Waals surface area (Å²) in [6.07, 6.45) is 2.09. The van der Waals surface area contributed by atoms with Crippen molar-refractivity contribution in [3.8, 4) is 0 Å². The van der Waals surface area contributed by atoms with Crippen molar-refractivity contribution < 1.29 is 9.59 Å². The lowest BCUT2D eigenvalue weighted by molar-refractivity contribution is 0.0697. The molecule has 2 aromatic rings. The van der Waals surface area contributed by atoms with Gasteiger partial charge < -0.3 is 10.2 Å². The molecule has 136 valence electrons. The molecule has 0 aromatic heterocycles. The van der Waals surface area contributed by atoms with Gasteiger partial charge in [-0.05, 0) is 61.2 Å². The number of piperidine rings is 1. The molecule has 0 spiro atoms. The smallest absolute Gasteiger partial charge is 0.257 e. The Morgan fingerprint density at radius 2 is 1.69 bits per heavy atom. The summed E-state index contributed by atoms with van der Waals surface area (Å²) in [6.45, 7) is 3.81. The molecule has 1 N–H and O–H groups in total. The van der Waals surface area contributed by atoms with Crippen LogP contribution in [0.5, 0.6) is 0 Å². The van der Waals surface area contributed by atoms with Crippen LogP contribution in [-0.4, -0.2) is 29.8 Å². The zero-order chi connectivity index (χ0) is 18.7. The van der Waals surface area contributed by atoms with Gasteiger partial charge >= 0.3 is 0 Å². The number of anilines is 1. The number of halogens is 2. The van der Waals surface area contributed by atoms with Crippen molar-refractivity contribution in [3.05, 3.63) is 63.6 Å². The van der Waals surface area contributed by atoms with Crippen molar-refractivity contribution in [2.75, 3.05) is 18.4 Å². The van der Waals surface area contributed by atoms with Gasteiger partial charge in [-0.2, -0.15) is 0 Å². The van der Waals surface area contributed by atoms with Gasteiger partial charge in [-0.1, -0.05) is 30.1 Å². The predicted molar refractivity (Wildman–Crippen MR) is 105 cm³/mol. The molecule has 4 nitrogen and oxygen atoms in total. The van der Waals surface area contributed by atoms with Gasteiger partial charge in [0.05, 0.1) is 10.6 Å². The largest absolute Gasteiger partial charge is 0.339 e. The minimum atomic E-state index is -0.323. The number of amides is 2. The van der Waals surface area contributed by atoms with Gasteiger partial charge in [0.25, 0.3) is 11.8 Å². The standard InChI is InChI=1S/C20H20Cl2N2O2/c1-13-8-10-24(11-9-13)20(26)14-2-5-16(6-3-14)23-19(25)17-7-4-15(21)12-18(17)22/h2-7,12-13H,8-11H2,1H3,(H,23,25). The number of hydrogen-bond donors (Lipinski definition) is 1. The maximum atomic E-state index is 12.5. The van der Waals surface area contributed by atoms with Gasteiger partial charge in [-0.25, -0.2) is 0 Å². The van der Waals surface area contributed by atoms with E-state index in [1.807, 2.05) is 4.90 Å². The van der Waals surface area contributed by atoms with Crippen molar-refractivity contribution in [1.82, 2.24) is 4.90 Å². The van der Waals surface area contributed by atoms with Crippen LogP contribution in [0.3, 0.4) is 0 Å². The highest BCUT2D eigenvalue weighted by atomic mass is 35.5. The first-order valence-electron chi connectivity index (χ1n) is 8.60. The summed E-state index contributed by atoms with van der Waals surface area (Å²) >= 11 is 11.9. The summed E-state index contributed by atoms with van der Waals surface area (Å²) < 4.78 is 0. The molecule has 2 amide bonds. The van der Waals surface area contributed by atoms with E-state index in [-0.39, 0.29) is 11.8 Å². The van der Waals surface area contributed by atoms with E-state index in [1.54, 1.807) is 36.4 Å². The molecular formula is C20H20Cl2N2O2. The van der Waals surface area contributed by atoms with Gasteiger partial charge in [0, 0.05) is 29.4 Å². The van der Waals surface area contributed by atoms with Crippen molar-refractivity contribution >= 4 is 40.7 Å². The highest BCUT2D eigenvalue weighted by Gasteiger charge is 2.21. The molecule has 1 aliphatic rings. The second-order valence-electron chi connectivity index (χ2n) is 6.63. The van der Waals surface area contributed by atoms with Crippen LogP contribution in [0.15, 0.2) is 42.5 Å². The highest BCUT2D eigenvalue weighted by Crippen LogP contribution is 2.23. The van der Waals surface area contributed by atoms with Crippen molar-refractivity contribution in [1.29, 1.82) is 0 Å². The maximum Gasteiger partial charge on any atom is 0.257 e. The zero-order valence-corrected chi connectivity index (χ0v) is 16.0. The monoisotopic (exact) mass is 390 g/mol. The molecule has 1 aliphatic heterocycles. The zero-order valence-electron chi connectivity index (χ0n) is 14.5. The quantitative estimate of drug-likeness (QED) is 0.790. The average molecular weight is 391 g/mol. The van der Waals surface area contributed by atoms with E-state index >= 15 is 0 Å². The third kappa shape index (κ3) is 4.37. The van der Waals surface area contributed by atoms with Gasteiger partial charge in [0.2, 0.25) is 0 Å². The maximum absolute atomic E-state index is 12.5. The van der Waals surface area contributed by atoms with Gasteiger partial charge in [0.15, 0.2) is 0 Å². The second-order valence-corrected chi connectivity index (χ2v) is 7.47. The normalized spacial score (nSPS) is 15.0. The fourth-order valence-electron chi connectivity index (χ4n) is 2.96. The van der Waals surface area contributed by atoms with Gasteiger partial charge in [-0.15, -0.1) is 0 Å². The molecule has 0 radical (unpaired) electrons. The van der Waals surface area contributed by atoms with E-state index in [2.05, 4.69) is 12.2 Å². The van der Waals surface area contributed by atoms with E-state index in [0.717, 1.165) is 25.9 Å². The molecule has 26 heavy (non-hydrogen) atoms. The Morgan fingerprint density at radius 1 is 1.04 bits per heavy atom. The third-order valence-electron chi connectivity index (χ3n) is 4.64. The molecule has 0 aliphatic carbocycles. The molecule has 6 heteroatoms. The molecule has 1 fully saturated rings. The van der Waals surface area contributed by atoms with E-state index in [9.17, 15) is 9.59 Å². The summed E-state index contributed by atoms with van der Waals surface area (Å²) in [7, 11) is 0. The van der Waals surface area contributed by atoms with E-state index in [4.69, 9.17) is 23.2 Å². The van der Waals surface area contributed by atoms with Crippen molar-refractivity contribution in [2.45, 2.75) is 19.8 Å². The Labute approximate surface area is 163 Å². The van der Waals surface area contributed by atoms with E-state index < -0.39 is 0 Å². The van der Waals surface area contributed by atoms with E-state index in [1.165, 1.54) is 6.07 Å². The average Bonchev–Trinajstić information content (AvgIpc) is 2.62. The third-order valence-corrected chi connectivity index (χ3v) is 5.18. The van der Waals surface area contributed by atoms with E-state index in [0.29, 0.717) is 32.8 Å². The first-order valence-corrected chi connectivity index (χ1v) is 9.35. The van der Waals surface area contributed by atoms with Crippen LogP contribution in [0.25, 0.3) is 0 Å². The number of benzene rings is 2. The SMILES string of the molecule is CC1CCN(C(=O)c2ccc(NC(=O)c3ccc(Cl)cc3Cl)cc2)CC1. The van der Waals surface area contributed by atoms with Crippen LogP contribution >= 0.6 is 23.2 Å². The summed E-state index contributed by atoms with van der Waals surface area (Å²) in [5.41, 5.74) is 1.57. The van der Waals surface area contributed by atoms with Crippen LogP contribution in [-0.2, 0) is 0 Å². The molecule has 0 unspecified atom stereocenters. The Kier molecular flexibility index (Phi) is 5.84. The fourth-order valence-corrected chi connectivity index (χ4v) is 3.46. The number of likely N-dealkylation sites (tertiary alicyclic amines) is 1. The number of carbonyl (C=O) groups excluding carboxylic acids is 2. The predicted octanol–water partition coefficient (Wildman–Crippen LogP) is 5.12. The van der Waals surface area contributed by atoms with Crippen molar-refractivity contribution in [3.63, 3.8) is 0 Å². The molecule has 1 saturated heterocycles. The lowest BCUT2D eigenvalue weighted by atomic mass is 9.98. The lowest BCUT2D eigenvalue weighted by Gasteiger charge is -2.30. The Morgan fingerprint density at radius 3 is 2.31 bits per heavy atom. The first kappa shape index (κ1) is 18.7. The first-order chi connectivity index (χ1) is 12.4. The number of nitrogens with zero attached hydrogens (tertiary/aromatic N) is 1. The molecular weight excluding hydrogens is 371 g/mol.